The molecule has 6 heteroatoms. The number of thiazole rings is 1. The third kappa shape index (κ3) is 2.30. The van der Waals surface area contributed by atoms with Crippen molar-refractivity contribution in [3.05, 3.63) is 39.6 Å². The van der Waals surface area contributed by atoms with E-state index in [1.54, 1.807) is 6.92 Å². The predicted octanol–water partition coefficient (Wildman–Crippen LogP) is 3.61. The van der Waals surface area contributed by atoms with Crippen LogP contribution in [-0.2, 0) is 0 Å². The fourth-order valence-electron chi connectivity index (χ4n) is 1.37. The van der Waals surface area contributed by atoms with Gasteiger partial charge in [-0.15, -0.1) is 11.3 Å². The molecule has 88 valence electrons. The van der Waals surface area contributed by atoms with Gasteiger partial charge in [0.15, 0.2) is 0 Å². The van der Waals surface area contributed by atoms with Gasteiger partial charge in [-0.25, -0.2) is 14.2 Å². The van der Waals surface area contributed by atoms with Crippen LogP contribution in [0.4, 0.5) is 4.39 Å². The molecule has 0 bridgehead atoms. The van der Waals surface area contributed by atoms with Crippen molar-refractivity contribution in [2.75, 3.05) is 0 Å². The Labute approximate surface area is 106 Å². The first-order chi connectivity index (χ1) is 7.99. The Bertz CT molecular complexity index is 597. The van der Waals surface area contributed by atoms with Gasteiger partial charge in [0.1, 0.15) is 15.7 Å². The van der Waals surface area contributed by atoms with E-state index in [2.05, 4.69) is 4.98 Å². The van der Waals surface area contributed by atoms with Crippen LogP contribution >= 0.6 is 22.9 Å². The average Bonchev–Trinajstić information content (AvgIpc) is 2.60. The Kier molecular flexibility index (Phi) is 3.13. The highest BCUT2D eigenvalue weighted by molar-refractivity contribution is 7.17. The highest BCUT2D eigenvalue weighted by atomic mass is 35.5. The van der Waals surface area contributed by atoms with Crippen molar-refractivity contribution in [2.45, 2.75) is 6.92 Å². The quantitative estimate of drug-likeness (QED) is 0.908. The van der Waals surface area contributed by atoms with Gasteiger partial charge in [-0.3, -0.25) is 0 Å². The molecule has 0 aliphatic heterocycles. The molecule has 0 unspecified atom stereocenters. The number of carboxylic acids is 1. The second-order valence-electron chi connectivity index (χ2n) is 3.36. The highest BCUT2D eigenvalue weighted by Crippen LogP contribution is 2.30. The van der Waals surface area contributed by atoms with E-state index < -0.39 is 11.8 Å². The summed E-state index contributed by atoms with van der Waals surface area (Å²) >= 11 is 6.59. The zero-order valence-electron chi connectivity index (χ0n) is 8.70. The van der Waals surface area contributed by atoms with Crippen molar-refractivity contribution in [3.63, 3.8) is 0 Å². The van der Waals surface area contributed by atoms with Gasteiger partial charge in [0.2, 0.25) is 0 Å². The van der Waals surface area contributed by atoms with Crippen LogP contribution in [0.2, 0.25) is 5.02 Å². The van der Waals surface area contributed by atoms with Gasteiger partial charge in [-0.05, 0) is 25.1 Å². The number of nitrogens with zero attached hydrogens (tertiary/aromatic N) is 1. The third-order valence-corrected chi connectivity index (χ3v) is 3.57. The SMILES string of the molecule is Cc1nc(-c2ccc(Cl)cc2F)sc1C(=O)O. The highest BCUT2D eigenvalue weighted by Gasteiger charge is 2.17. The van der Waals surface area contributed by atoms with Crippen molar-refractivity contribution >= 4 is 28.9 Å². The van der Waals surface area contributed by atoms with Crippen molar-refractivity contribution in [3.8, 4) is 10.6 Å². The summed E-state index contributed by atoms with van der Waals surface area (Å²) in [7, 11) is 0. The molecule has 0 radical (unpaired) electrons. The second-order valence-corrected chi connectivity index (χ2v) is 4.80. The maximum absolute atomic E-state index is 13.6. The van der Waals surface area contributed by atoms with Crippen molar-refractivity contribution in [2.24, 2.45) is 0 Å². The number of carboxylic acid groups (broad SMARTS) is 1. The smallest absolute Gasteiger partial charge is 0.347 e. The molecule has 0 saturated carbocycles. The van der Waals surface area contributed by atoms with Crippen LogP contribution in [0, 0.1) is 12.7 Å². The third-order valence-electron chi connectivity index (χ3n) is 2.15. The van der Waals surface area contributed by atoms with E-state index in [0.29, 0.717) is 10.7 Å². The minimum Gasteiger partial charge on any atom is -0.477 e. The Balaban J connectivity index is 2.53. The normalized spacial score (nSPS) is 10.5. The standard InChI is InChI=1S/C11H7ClFNO2S/c1-5-9(11(15)16)17-10(14-5)7-3-2-6(12)4-8(7)13/h2-4H,1H3,(H,15,16). The monoisotopic (exact) mass is 271 g/mol. The summed E-state index contributed by atoms with van der Waals surface area (Å²) in [6.45, 7) is 1.58. The first-order valence-corrected chi connectivity index (χ1v) is 5.84. The molecule has 3 nitrogen and oxygen atoms in total. The van der Waals surface area contributed by atoms with E-state index >= 15 is 0 Å². The van der Waals surface area contributed by atoms with Crippen LogP contribution in [-0.4, -0.2) is 16.1 Å². The Morgan fingerprint density at radius 3 is 2.76 bits per heavy atom. The van der Waals surface area contributed by atoms with Gasteiger partial charge in [0, 0.05) is 10.6 Å². The van der Waals surface area contributed by atoms with Gasteiger partial charge >= 0.3 is 5.97 Å². The van der Waals surface area contributed by atoms with Crippen LogP contribution in [0.15, 0.2) is 18.2 Å². The number of hydrogen-bond donors (Lipinski definition) is 1. The second kappa shape index (κ2) is 4.43. The summed E-state index contributed by atoms with van der Waals surface area (Å²) in [6.07, 6.45) is 0. The lowest BCUT2D eigenvalue weighted by molar-refractivity contribution is 0.0701. The first-order valence-electron chi connectivity index (χ1n) is 4.65. The molecule has 1 heterocycles. The molecule has 17 heavy (non-hydrogen) atoms. The molecule has 1 aromatic heterocycles. The number of halogens is 2. The van der Waals surface area contributed by atoms with Crippen LogP contribution in [0.1, 0.15) is 15.4 Å². The molecular weight excluding hydrogens is 265 g/mol. The number of aryl methyl sites for hydroxylation is 1. The molecule has 0 atom stereocenters. The van der Waals surface area contributed by atoms with Crippen molar-refractivity contribution < 1.29 is 14.3 Å². The Morgan fingerprint density at radius 1 is 1.53 bits per heavy atom. The molecule has 0 spiro atoms. The summed E-state index contributed by atoms with van der Waals surface area (Å²) in [4.78, 5) is 15.0. The summed E-state index contributed by atoms with van der Waals surface area (Å²) in [5.74, 6) is -1.57. The average molecular weight is 272 g/mol. The van der Waals surface area contributed by atoms with Crippen molar-refractivity contribution in [1.29, 1.82) is 0 Å². The van der Waals surface area contributed by atoms with Gasteiger partial charge < -0.3 is 5.11 Å². The molecule has 0 amide bonds. The fourth-order valence-corrected chi connectivity index (χ4v) is 2.46. The van der Waals surface area contributed by atoms with E-state index in [0.717, 1.165) is 11.3 Å². The lowest BCUT2D eigenvalue weighted by Crippen LogP contribution is -1.94. The van der Waals surface area contributed by atoms with Gasteiger partial charge in [-0.2, -0.15) is 0 Å². The topological polar surface area (TPSA) is 50.2 Å². The number of hydrogen-bond acceptors (Lipinski definition) is 3. The van der Waals surface area contributed by atoms with Crippen LogP contribution in [0.3, 0.4) is 0 Å². The minimum absolute atomic E-state index is 0.120. The molecule has 2 rings (SSSR count). The molecule has 1 N–H and O–H groups in total. The van der Waals surface area contributed by atoms with E-state index in [-0.39, 0.29) is 15.5 Å². The molecule has 0 aliphatic rings. The van der Waals surface area contributed by atoms with Gasteiger partial charge in [0.25, 0.3) is 0 Å². The number of carbonyl (C=O) groups is 1. The summed E-state index contributed by atoms with van der Waals surface area (Å²) in [5.41, 5.74) is 0.641. The summed E-state index contributed by atoms with van der Waals surface area (Å²) in [5, 5.41) is 9.53. The molecule has 2 aromatic rings. The number of aromatic nitrogens is 1. The summed E-state index contributed by atoms with van der Waals surface area (Å²) < 4.78 is 13.6. The van der Waals surface area contributed by atoms with Gasteiger partial charge in [-0.1, -0.05) is 11.6 Å². The van der Waals surface area contributed by atoms with E-state index in [1.165, 1.54) is 18.2 Å². The maximum atomic E-state index is 13.6. The molecule has 1 aromatic carbocycles. The zero-order chi connectivity index (χ0) is 12.6. The van der Waals surface area contributed by atoms with E-state index in [9.17, 15) is 9.18 Å². The Hall–Kier alpha value is -1.46. The fraction of sp³-hybridized carbons (Fsp3) is 0.0909. The number of benzene rings is 1. The first kappa shape index (κ1) is 12.0. The number of rotatable bonds is 2. The van der Waals surface area contributed by atoms with Crippen LogP contribution < -0.4 is 0 Å². The van der Waals surface area contributed by atoms with Crippen molar-refractivity contribution in [1.82, 2.24) is 4.98 Å². The van der Waals surface area contributed by atoms with Crippen LogP contribution in [0.5, 0.6) is 0 Å². The molecular formula is C11H7ClFNO2S. The minimum atomic E-state index is -1.05. The lowest BCUT2D eigenvalue weighted by Gasteiger charge is -1.98. The zero-order valence-corrected chi connectivity index (χ0v) is 10.3. The largest absolute Gasteiger partial charge is 0.477 e. The molecule has 0 aliphatic carbocycles. The van der Waals surface area contributed by atoms with Gasteiger partial charge in [0.05, 0.1) is 5.69 Å². The van der Waals surface area contributed by atoms with E-state index in [4.69, 9.17) is 16.7 Å². The Morgan fingerprint density at radius 2 is 2.24 bits per heavy atom. The number of aromatic carboxylic acids is 1. The predicted molar refractivity (Wildman–Crippen MR) is 64.2 cm³/mol. The summed E-state index contributed by atoms with van der Waals surface area (Å²) in [6, 6.07) is 4.20. The van der Waals surface area contributed by atoms with E-state index in [1.807, 2.05) is 0 Å². The maximum Gasteiger partial charge on any atom is 0.347 e. The molecule has 0 fully saturated rings. The van der Waals surface area contributed by atoms with Crippen LogP contribution in [0.25, 0.3) is 10.6 Å². The molecule has 0 saturated heterocycles. The lowest BCUT2D eigenvalue weighted by atomic mass is 10.2.